The summed E-state index contributed by atoms with van der Waals surface area (Å²) < 4.78 is 0. The lowest BCUT2D eigenvalue weighted by molar-refractivity contribution is 0.134. The zero-order chi connectivity index (χ0) is 13.4. The lowest BCUT2D eigenvalue weighted by atomic mass is 9.86. The van der Waals surface area contributed by atoms with E-state index >= 15 is 0 Å². The van der Waals surface area contributed by atoms with Crippen molar-refractivity contribution < 1.29 is 0 Å². The van der Waals surface area contributed by atoms with Gasteiger partial charge in [-0.25, -0.2) is 0 Å². The second-order valence-corrected chi connectivity index (χ2v) is 5.87. The Morgan fingerprint density at radius 3 is 2.11 bits per heavy atom. The molecule has 0 aromatic carbocycles. The standard InChI is InChI=1S/C15H31N3/c1-4-6-8-10-15(3,11-9-7-5-2)18-13-17-12-14(18)16/h13-14H,4-12,16H2,1-3H3. The molecular weight excluding hydrogens is 222 g/mol. The average molecular weight is 253 g/mol. The van der Waals surface area contributed by atoms with E-state index < -0.39 is 0 Å². The molecule has 2 N–H and O–H groups in total. The minimum absolute atomic E-state index is 0.0956. The van der Waals surface area contributed by atoms with Crippen molar-refractivity contribution in [1.82, 2.24) is 4.90 Å². The second kappa shape index (κ2) is 7.78. The first kappa shape index (κ1) is 15.5. The maximum Gasteiger partial charge on any atom is 0.0983 e. The fourth-order valence-corrected chi connectivity index (χ4v) is 2.85. The van der Waals surface area contributed by atoms with Gasteiger partial charge in [-0.2, -0.15) is 0 Å². The van der Waals surface area contributed by atoms with Crippen LogP contribution in [0.3, 0.4) is 0 Å². The second-order valence-electron chi connectivity index (χ2n) is 5.87. The molecule has 3 nitrogen and oxygen atoms in total. The van der Waals surface area contributed by atoms with Gasteiger partial charge in [0, 0.05) is 5.54 Å². The highest BCUT2D eigenvalue weighted by Crippen LogP contribution is 2.30. The summed E-state index contributed by atoms with van der Waals surface area (Å²) in [4.78, 5) is 6.66. The van der Waals surface area contributed by atoms with Gasteiger partial charge in [0.1, 0.15) is 0 Å². The fraction of sp³-hybridized carbons (Fsp3) is 0.933. The minimum atomic E-state index is 0.0956. The summed E-state index contributed by atoms with van der Waals surface area (Å²) in [6.45, 7) is 7.65. The van der Waals surface area contributed by atoms with Gasteiger partial charge in [0.2, 0.25) is 0 Å². The summed E-state index contributed by atoms with van der Waals surface area (Å²) in [5.74, 6) is 0. The number of nitrogens with two attached hydrogens (primary N) is 1. The van der Waals surface area contributed by atoms with Crippen LogP contribution in [0.15, 0.2) is 4.99 Å². The van der Waals surface area contributed by atoms with Crippen LogP contribution in [0.25, 0.3) is 0 Å². The largest absolute Gasteiger partial charge is 0.340 e. The summed E-state index contributed by atoms with van der Waals surface area (Å²) in [5.41, 5.74) is 6.39. The maximum absolute atomic E-state index is 6.17. The lowest BCUT2D eigenvalue weighted by Crippen LogP contribution is -2.53. The molecule has 1 aliphatic heterocycles. The van der Waals surface area contributed by atoms with E-state index in [4.69, 9.17) is 5.73 Å². The van der Waals surface area contributed by atoms with Gasteiger partial charge in [0.15, 0.2) is 0 Å². The number of nitrogens with zero attached hydrogens (tertiary/aromatic N) is 2. The highest BCUT2D eigenvalue weighted by molar-refractivity contribution is 5.59. The predicted octanol–water partition coefficient (Wildman–Crippen LogP) is 3.53. The Kier molecular flexibility index (Phi) is 6.69. The van der Waals surface area contributed by atoms with Crippen LogP contribution in [0.2, 0.25) is 0 Å². The summed E-state index contributed by atoms with van der Waals surface area (Å²) in [7, 11) is 0. The first-order valence-electron chi connectivity index (χ1n) is 7.68. The Morgan fingerprint density at radius 2 is 1.72 bits per heavy atom. The summed E-state index contributed by atoms with van der Waals surface area (Å²) in [5, 5.41) is 0. The Bertz CT molecular complexity index is 240. The zero-order valence-corrected chi connectivity index (χ0v) is 12.5. The van der Waals surface area contributed by atoms with Crippen molar-refractivity contribution in [3.63, 3.8) is 0 Å². The van der Waals surface area contributed by atoms with E-state index in [0.717, 1.165) is 6.54 Å². The Morgan fingerprint density at radius 1 is 1.17 bits per heavy atom. The van der Waals surface area contributed by atoms with Gasteiger partial charge in [-0.1, -0.05) is 52.4 Å². The van der Waals surface area contributed by atoms with Crippen LogP contribution in [0.4, 0.5) is 0 Å². The van der Waals surface area contributed by atoms with Crippen LogP contribution in [0.1, 0.15) is 72.1 Å². The van der Waals surface area contributed by atoms with Crippen molar-refractivity contribution >= 4 is 6.34 Å². The van der Waals surface area contributed by atoms with Crippen molar-refractivity contribution in [2.45, 2.75) is 83.8 Å². The molecule has 0 saturated carbocycles. The van der Waals surface area contributed by atoms with Gasteiger partial charge in [-0.15, -0.1) is 0 Å². The van der Waals surface area contributed by atoms with Crippen molar-refractivity contribution in [3.05, 3.63) is 0 Å². The van der Waals surface area contributed by atoms with E-state index in [-0.39, 0.29) is 11.7 Å². The average Bonchev–Trinajstić information content (AvgIpc) is 2.77. The van der Waals surface area contributed by atoms with Crippen molar-refractivity contribution in [2.24, 2.45) is 10.7 Å². The van der Waals surface area contributed by atoms with Gasteiger partial charge in [0.25, 0.3) is 0 Å². The van der Waals surface area contributed by atoms with E-state index in [1.807, 2.05) is 6.34 Å². The van der Waals surface area contributed by atoms with Crippen LogP contribution in [0, 0.1) is 0 Å². The third kappa shape index (κ3) is 4.27. The molecule has 0 amide bonds. The third-order valence-corrected chi connectivity index (χ3v) is 4.12. The van der Waals surface area contributed by atoms with Crippen molar-refractivity contribution in [2.75, 3.05) is 6.54 Å². The van der Waals surface area contributed by atoms with Gasteiger partial charge in [-0.3, -0.25) is 4.99 Å². The molecule has 0 fully saturated rings. The lowest BCUT2D eigenvalue weighted by Gasteiger charge is -2.41. The molecule has 1 rings (SSSR count). The molecule has 0 aromatic rings. The van der Waals surface area contributed by atoms with Gasteiger partial charge in [0.05, 0.1) is 19.0 Å². The molecule has 0 aliphatic carbocycles. The third-order valence-electron chi connectivity index (χ3n) is 4.12. The quantitative estimate of drug-likeness (QED) is 0.639. The van der Waals surface area contributed by atoms with Crippen molar-refractivity contribution in [1.29, 1.82) is 0 Å². The molecule has 0 spiro atoms. The molecule has 0 saturated heterocycles. The van der Waals surface area contributed by atoms with Crippen LogP contribution < -0.4 is 5.73 Å². The number of aliphatic imine (C=N–C) groups is 1. The Balaban J connectivity index is 2.57. The highest BCUT2D eigenvalue weighted by Gasteiger charge is 2.34. The van der Waals surface area contributed by atoms with Crippen LogP contribution in [-0.2, 0) is 0 Å². The molecular formula is C15H31N3. The monoisotopic (exact) mass is 253 g/mol. The molecule has 1 atom stereocenters. The first-order valence-corrected chi connectivity index (χ1v) is 7.68. The van der Waals surface area contributed by atoms with Crippen LogP contribution in [0.5, 0.6) is 0 Å². The number of rotatable bonds is 9. The maximum atomic E-state index is 6.17. The molecule has 0 aromatic heterocycles. The summed E-state index contributed by atoms with van der Waals surface area (Å²) in [6.07, 6.45) is 12.4. The van der Waals surface area contributed by atoms with E-state index in [0.29, 0.717) is 0 Å². The normalized spacial score (nSPS) is 19.8. The van der Waals surface area contributed by atoms with E-state index in [1.54, 1.807) is 0 Å². The van der Waals surface area contributed by atoms with Gasteiger partial charge >= 0.3 is 0 Å². The SMILES string of the molecule is CCCCCC(C)(CCCCC)N1C=NCC1N. The van der Waals surface area contributed by atoms with Gasteiger partial charge in [-0.05, 0) is 19.8 Å². The smallest absolute Gasteiger partial charge is 0.0983 e. The number of hydrogen-bond donors (Lipinski definition) is 1. The number of unbranched alkanes of at least 4 members (excludes halogenated alkanes) is 4. The minimum Gasteiger partial charge on any atom is -0.340 e. The van der Waals surface area contributed by atoms with E-state index in [1.165, 1.54) is 51.4 Å². The molecule has 1 heterocycles. The summed E-state index contributed by atoms with van der Waals surface area (Å²) >= 11 is 0. The van der Waals surface area contributed by atoms with Crippen LogP contribution in [-0.4, -0.2) is 29.5 Å². The van der Waals surface area contributed by atoms with E-state index in [2.05, 4.69) is 30.7 Å². The molecule has 1 unspecified atom stereocenters. The van der Waals surface area contributed by atoms with E-state index in [9.17, 15) is 0 Å². The molecule has 106 valence electrons. The molecule has 0 bridgehead atoms. The van der Waals surface area contributed by atoms with Gasteiger partial charge < -0.3 is 10.6 Å². The summed E-state index contributed by atoms with van der Waals surface area (Å²) in [6, 6.07) is 0. The number of hydrogen-bond acceptors (Lipinski definition) is 3. The molecule has 3 heteroatoms. The molecule has 0 radical (unpaired) electrons. The Labute approximate surface area is 113 Å². The topological polar surface area (TPSA) is 41.6 Å². The zero-order valence-electron chi connectivity index (χ0n) is 12.5. The predicted molar refractivity (Wildman–Crippen MR) is 79.9 cm³/mol. The van der Waals surface area contributed by atoms with Crippen LogP contribution >= 0.6 is 0 Å². The Hall–Kier alpha value is -0.570. The van der Waals surface area contributed by atoms with Crippen molar-refractivity contribution in [3.8, 4) is 0 Å². The first-order chi connectivity index (χ1) is 8.64. The fourth-order valence-electron chi connectivity index (χ4n) is 2.85. The molecule has 1 aliphatic rings. The highest BCUT2D eigenvalue weighted by atomic mass is 15.3. The molecule has 18 heavy (non-hydrogen) atoms.